The molecule has 0 rings (SSSR count). The fourth-order valence-electron chi connectivity index (χ4n) is 13.6. The van der Waals surface area contributed by atoms with E-state index in [0.717, 1.165) is 44.9 Å². The van der Waals surface area contributed by atoms with Crippen LogP contribution in [0.25, 0.3) is 0 Å². The van der Waals surface area contributed by atoms with Crippen LogP contribution < -0.4 is 5.73 Å². The van der Waals surface area contributed by atoms with Crippen molar-refractivity contribution < 1.29 is 37.6 Å². The van der Waals surface area contributed by atoms with Crippen molar-refractivity contribution in [2.75, 3.05) is 26.4 Å². The van der Waals surface area contributed by atoms with Crippen molar-refractivity contribution >= 4 is 19.8 Å². The third-order valence-electron chi connectivity index (χ3n) is 20.0. The topological polar surface area (TPSA) is 134 Å². The summed E-state index contributed by atoms with van der Waals surface area (Å²) in [6.45, 7) is 3.83. The van der Waals surface area contributed by atoms with Crippen LogP contribution in [0.5, 0.6) is 0 Å². The molecule has 10 heteroatoms. The first-order chi connectivity index (χ1) is 47.8. The summed E-state index contributed by atoms with van der Waals surface area (Å²) in [5, 5.41) is 0. The van der Waals surface area contributed by atoms with Crippen LogP contribution in [0.2, 0.25) is 0 Å². The minimum atomic E-state index is -4.39. The van der Waals surface area contributed by atoms with Crippen molar-refractivity contribution in [2.24, 2.45) is 5.73 Å². The van der Waals surface area contributed by atoms with Crippen molar-refractivity contribution in [1.82, 2.24) is 0 Å². The number of carbonyl (C=O) groups excluding carboxylic acids is 2. The number of esters is 2. The average Bonchev–Trinajstić information content (AvgIpc) is 2.88. The second-order valence-electron chi connectivity index (χ2n) is 29.8. The van der Waals surface area contributed by atoms with Crippen LogP contribution in [0.15, 0.2) is 36.5 Å². The Hall–Kier alpha value is -1.77. The molecule has 0 aromatic carbocycles. The molecule has 9 nitrogen and oxygen atoms in total. The zero-order valence-electron chi connectivity index (χ0n) is 65.1. The smallest absolute Gasteiger partial charge is 0.462 e. The van der Waals surface area contributed by atoms with Crippen molar-refractivity contribution in [3.05, 3.63) is 36.5 Å². The highest BCUT2D eigenvalue weighted by Gasteiger charge is 2.26. The zero-order valence-corrected chi connectivity index (χ0v) is 66.0. The van der Waals surface area contributed by atoms with E-state index in [1.54, 1.807) is 0 Å². The molecule has 0 aliphatic heterocycles. The summed E-state index contributed by atoms with van der Waals surface area (Å²) in [6, 6.07) is 0. The molecule has 0 fully saturated rings. The Labute approximate surface area is 605 Å². The molecule has 97 heavy (non-hydrogen) atoms. The van der Waals surface area contributed by atoms with Gasteiger partial charge in [-0.1, -0.05) is 448 Å². The molecule has 0 amide bonds. The highest BCUT2D eigenvalue weighted by Crippen LogP contribution is 2.43. The zero-order chi connectivity index (χ0) is 70.0. The predicted molar refractivity (Wildman–Crippen MR) is 423 cm³/mol. The normalized spacial score (nSPS) is 12.9. The highest BCUT2D eigenvalue weighted by atomic mass is 31.2. The summed E-state index contributed by atoms with van der Waals surface area (Å²) < 4.78 is 33.3. The second-order valence-corrected chi connectivity index (χ2v) is 31.2. The summed E-state index contributed by atoms with van der Waals surface area (Å²) in [7, 11) is -4.39. The van der Waals surface area contributed by atoms with Gasteiger partial charge in [0.15, 0.2) is 6.10 Å². The molecule has 0 aromatic rings. The summed E-state index contributed by atoms with van der Waals surface area (Å²) in [5.41, 5.74) is 5.42. The first-order valence-corrected chi connectivity index (χ1v) is 45.0. The van der Waals surface area contributed by atoms with Gasteiger partial charge in [-0.2, -0.15) is 0 Å². The number of carbonyl (C=O) groups is 2. The third kappa shape index (κ3) is 83.1. The number of ether oxygens (including phenoxy) is 2. The Morgan fingerprint density at radius 2 is 0.536 bits per heavy atom. The molecule has 574 valence electrons. The Morgan fingerprint density at radius 3 is 0.794 bits per heavy atom. The van der Waals surface area contributed by atoms with Crippen LogP contribution in [-0.4, -0.2) is 49.3 Å². The predicted octanol–water partition coefficient (Wildman–Crippen LogP) is 29.3. The number of hydrogen-bond acceptors (Lipinski definition) is 8. The third-order valence-corrected chi connectivity index (χ3v) is 21.0. The van der Waals surface area contributed by atoms with Gasteiger partial charge in [0, 0.05) is 19.4 Å². The summed E-state index contributed by atoms with van der Waals surface area (Å²) >= 11 is 0. The van der Waals surface area contributed by atoms with E-state index in [2.05, 4.69) is 50.3 Å². The van der Waals surface area contributed by atoms with Gasteiger partial charge in [-0.15, -0.1) is 0 Å². The maximum absolute atomic E-state index is 12.8. The number of rotatable bonds is 84. The Bertz CT molecular complexity index is 1690. The monoisotopic (exact) mass is 1390 g/mol. The lowest BCUT2D eigenvalue weighted by Crippen LogP contribution is -2.29. The first-order valence-electron chi connectivity index (χ1n) is 43.5. The Kier molecular flexibility index (Phi) is 81.7. The SMILES string of the molecule is CCCCCCC/C=C\C/C=C\C/C=C\CCCCCCCCCCCCCCCCCCCCCCCCCCC(=O)OC(COC(=O)CCCCCCCCCCCCCCCCCCCCCCCCCCCCCCCCCCCCCCC)COP(=O)(O)OCCN. The number of allylic oxidation sites excluding steroid dienone is 6. The molecule has 0 aliphatic carbocycles. The van der Waals surface area contributed by atoms with Crippen molar-refractivity contribution in [2.45, 2.75) is 482 Å². The van der Waals surface area contributed by atoms with Gasteiger partial charge in [0.25, 0.3) is 0 Å². The van der Waals surface area contributed by atoms with Crippen LogP contribution in [0.4, 0.5) is 0 Å². The van der Waals surface area contributed by atoms with Gasteiger partial charge >= 0.3 is 19.8 Å². The second kappa shape index (κ2) is 83.2. The fourth-order valence-corrected chi connectivity index (χ4v) is 14.4. The van der Waals surface area contributed by atoms with E-state index in [1.807, 2.05) is 0 Å². The van der Waals surface area contributed by atoms with Gasteiger partial charge < -0.3 is 20.1 Å². The fraction of sp³-hybridized carbons (Fsp3) is 0.908. The molecule has 0 radical (unpaired) electrons. The maximum Gasteiger partial charge on any atom is 0.472 e. The summed E-state index contributed by atoms with van der Waals surface area (Å²) in [6.07, 6.45) is 108. The minimum Gasteiger partial charge on any atom is -0.462 e. The molecular weight excluding hydrogens is 1220 g/mol. The average molecular weight is 1390 g/mol. The largest absolute Gasteiger partial charge is 0.472 e. The molecule has 2 unspecified atom stereocenters. The Morgan fingerprint density at radius 1 is 0.309 bits per heavy atom. The molecule has 0 bridgehead atoms. The lowest BCUT2D eigenvalue weighted by Gasteiger charge is -2.19. The molecule has 0 saturated carbocycles. The van der Waals surface area contributed by atoms with E-state index in [-0.39, 0.29) is 38.6 Å². The van der Waals surface area contributed by atoms with Gasteiger partial charge in [-0.25, -0.2) is 4.57 Å². The van der Waals surface area contributed by atoms with Gasteiger partial charge in [0.1, 0.15) is 6.61 Å². The van der Waals surface area contributed by atoms with E-state index in [0.29, 0.717) is 6.42 Å². The lowest BCUT2D eigenvalue weighted by molar-refractivity contribution is -0.161. The van der Waals surface area contributed by atoms with E-state index in [1.165, 1.54) is 398 Å². The number of unbranched alkanes of at least 4 members (excludes halogenated alkanes) is 65. The van der Waals surface area contributed by atoms with Crippen LogP contribution in [0, 0.1) is 0 Å². The molecule has 0 spiro atoms. The molecule has 0 aliphatic rings. The number of hydrogen-bond donors (Lipinski definition) is 2. The maximum atomic E-state index is 12.8. The van der Waals surface area contributed by atoms with E-state index < -0.39 is 26.5 Å². The quantitative estimate of drug-likeness (QED) is 0.0264. The number of phosphoric ester groups is 1. The molecule has 0 heterocycles. The van der Waals surface area contributed by atoms with E-state index >= 15 is 0 Å². The molecule has 2 atom stereocenters. The lowest BCUT2D eigenvalue weighted by atomic mass is 10.0. The van der Waals surface area contributed by atoms with Crippen LogP contribution >= 0.6 is 7.82 Å². The molecule has 3 N–H and O–H groups in total. The minimum absolute atomic E-state index is 0.0571. The van der Waals surface area contributed by atoms with Gasteiger partial charge in [-0.05, 0) is 51.4 Å². The molecule has 0 saturated heterocycles. The number of phosphoric acid groups is 1. The van der Waals surface area contributed by atoms with E-state index in [4.69, 9.17) is 24.3 Å². The van der Waals surface area contributed by atoms with Crippen molar-refractivity contribution in [1.29, 1.82) is 0 Å². The van der Waals surface area contributed by atoms with Gasteiger partial charge in [-0.3, -0.25) is 18.6 Å². The molecule has 0 aromatic heterocycles. The van der Waals surface area contributed by atoms with Crippen LogP contribution in [0.3, 0.4) is 0 Å². The Balaban J connectivity index is 3.71. The standard InChI is InChI=1S/C87H168NO8P/c1-3-5-7-9-11-13-15-17-19-21-23-25-27-29-31-33-35-37-39-41-42-44-46-48-50-52-54-56-58-60-62-64-66-68-70-72-74-76-78-80-87(90)96-85(84-95-97(91,92)94-82-81-88)83-93-86(89)79-77-75-73-71-69-67-65-63-61-59-57-55-53-51-49-47-45-43-40-38-36-34-32-30-28-26-24-22-20-18-16-14-12-10-8-6-4-2/h15,17,21,23,27,29,85H,3-14,16,18-20,22,24-26,28,30-84,88H2,1-2H3,(H,91,92)/b17-15-,23-21-,29-27-. The van der Waals surface area contributed by atoms with Crippen molar-refractivity contribution in [3.8, 4) is 0 Å². The molecular formula is C87H168NO8P. The van der Waals surface area contributed by atoms with Crippen molar-refractivity contribution in [3.63, 3.8) is 0 Å². The van der Waals surface area contributed by atoms with E-state index in [9.17, 15) is 19.0 Å². The summed E-state index contributed by atoms with van der Waals surface area (Å²) in [5.74, 6) is -0.797. The van der Waals surface area contributed by atoms with Gasteiger partial charge in [0.2, 0.25) is 0 Å². The summed E-state index contributed by atoms with van der Waals surface area (Å²) in [4.78, 5) is 35.5. The van der Waals surface area contributed by atoms with Gasteiger partial charge in [0.05, 0.1) is 13.2 Å². The first kappa shape index (κ1) is 95.2. The van der Waals surface area contributed by atoms with Crippen LogP contribution in [0.1, 0.15) is 476 Å². The number of nitrogens with two attached hydrogens (primary N) is 1. The highest BCUT2D eigenvalue weighted by molar-refractivity contribution is 7.47. The van der Waals surface area contributed by atoms with Crippen LogP contribution in [-0.2, 0) is 32.7 Å².